The van der Waals surface area contributed by atoms with Gasteiger partial charge in [-0.3, -0.25) is 0 Å². The second-order valence-electron chi connectivity index (χ2n) is 3.86. The number of hydrogen-bond acceptors (Lipinski definition) is 6. The predicted octanol–water partition coefficient (Wildman–Crippen LogP) is 3.18. The molecule has 1 atom stereocenters. The molecule has 2 N–H and O–H groups in total. The number of nitrogens with zero attached hydrogens (tertiary/aromatic N) is 2. The smallest absolute Gasteiger partial charge is 0.191 e. The van der Waals surface area contributed by atoms with Crippen molar-refractivity contribution in [2.45, 2.75) is 32.0 Å². The van der Waals surface area contributed by atoms with Gasteiger partial charge in [-0.25, -0.2) is 9.97 Å². The van der Waals surface area contributed by atoms with Crippen molar-refractivity contribution in [1.29, 1.82) is 0 Å². The van der Waals surface area contributed by atoms with Gasteiger partial charge in [-0.15, -0.1) is 0 Å². The molecule has 0 aromatic carbocycles. The molecular weight excluding hydrogens is 264 g/mol. The summed E-state index contributed by atoms with van der Waals surface area (Å²) < 4.78 is 0. The molecule has 0 bridgehead atoms. The van der Waals surface area contributed by atoms with Gasteiger partial charge in [-0.2, -0.15) is 11.8 Å². The lowest BCUT2D eigenvalue weighted by molar-refractivity contribution is 0.877. The van der Waals surface area contributed by atoms with Crippen molar-refractivity contribution in [3.63, 3.8) is 0 Å². The predicted molar refractivity (Wildman–Crippen MR) is 84.1 cm³/mol. The van der Waals surface area contributed by atoms with E-state index in [1.54, 1.807) is 11.8 Å². The van der Waals surface area contributed by atoms with E-state index in [1.807, 2.05) is 24.1 Å². The molecule has 4 nitrogen and oxygen atoms in total. The Morgan fingerprint density at radius 1 is 1.28 bits per heavy atom. The minimum Gasteiger partial charge on any atom is -0.370 e. The number of anilines is 2. The van der Waals surface area contributed by atoms with Gasteiger partial charge in [0.25, 0.3) is 0 Å². The Kier molecular flexibility index (Phi) is 7.27. The lowest BCUT2D eigenvalue weighted by Gasteiger charge is -2.15. The molecular formula is C12H22N4S2. The highest BCUT2D eigenvalue weighted by Crippen LogP contribution is 2.18. The second kappa shape index (κ2) is 8.48. The van der Waals surface area contributed by atoms with E-state index < -0.39 is 0 Å². The molecule has 0 radical (unpaired) electrons. The average molecular weight is 286 g/mol. The summed E-state index contributed by atoms with van der Waals surface area (Å²) >= 11 is 3.49. The summed E-state index contributed by atoms with van der Waals surface area (Å²) in [6.45, 7) is 7.29. The maximum absolute atomic E-state index is 4.47. The molecule has 0 fully saturated rings. The average Bonchev–Trinajstić information content (AvgIpc) is 2.36. The van der Waals surface area contributed by atoms with Crippen LogP contribution in [0.4, 0.5) is 11.6 Å². The van der Waals surface area contributed by atoms with Gasteiger partial charge in [0.15, 0.2) is 5.16 Å². The largest absolute Gasteiger partial charge is 0.370 e. The SMILES string of the molecule is CCNc1cc(NC(C)CSCC)nc(SC)n1. The van der Waals surface area contributed by atoms with E-state index in [0.717, 1.165) is 34.8 Å². The highest BCUT2D eigenvalue weighted by molar-refractivity contribution is 7.99. The van der Waals surface area contributed by atoms with Crippen LogP contribution in [0, 0.1) is 0 Å². The van der Waals surface area contributed by atoms with E-state index in [-0.39, 0.29) is 0 Å². The number of nitrogens with one attached hydrogen (secondary N) is 2. The normalized spacial score (nSPS) is 12.2. The van der Waals surface area contributed by atoms with Crippen LogP contribution >= 0.6 is 23.5 Å². The maximum atomic E-state index is 4.47. The molecule has 0 aliphatic rings. The fourth-order valence-electron chi connectivity index (χ4n) is 1.45. The van der Waals surface area contributed by atoms with E-state index in [2.05, 4.69) is 41.4 Å². The maximum Gasteiger partial charge on any atom is 0.191 e. The zero-order valence-electron chi connectivity index (χ0n) is 11.5. The Balaban J connectivity index is 2.71. The second-order valence-corrected chi connectivity index (χ2v) is 5.95. The quantitative estimate of drug-likeness (QED) is 0.565. The Labute approximate surface area is 118 Å². The van der Waals surface area contributed by atoms with Crippen molar-refractivity contribution in [3.05, 3.63) is 6.07 Å². The number of rotatable bonds is 8. The van der Waals surface area contributed by atoms with E-state index >= 15 is 0 Å². The summed E-state index contributed by atoms with van der Waals surface area (Å²) in [6, 6.07) is 2.38. The summed E-state index contributed by atoms with van der Waals surface area (Å²) in [7, 11) is 0. The monoisotopic (exact) mass is 286 g/mol. The van der Waals surface area contributed by atoms with E-state index in [1.165, 1.54) is 0 Å². The molecule has 0 saturated heterocycles. The van der Waals surface area contributed by atoms with Crippen LogP contribution in [-0.4, -0.2) is 40.3 Å². The standard InChI is InChI=1S/C12H22N4S2/c1-5-13-10-7-11(16-12(15-10)17-4)14-9(3)8-18-6-2/h7,9H,5-6,8H2,1-4H3,(H2,13,14,15,16). The van der Waals surface area contributed by atoms with Crippen LogP contribution in [0.25, 0.3) is 0 Å². The molecule has 0 amide bonds. The lowest BCUT2D eigenvalue weighted by atomic mass is 10.4. The highest BCUT2D eigenvalue weighted by Gasteiger charge is 2.06. The Bertz CT molecular complexity index is 360. The van der Waals surface area contributed by atoms with Gasteiger partial charge in [-0.1, -0.05) is 18.7 Å². The molecule has 18 heavy (non-hydrogen) atoms. The van der Waals surface area contributed by atoms with Gasteiger partial charge in [0.05, 0.1) is 0 Å². The summed E-state index contributed by atoms with van der Waals surface area (Å²) in [5.41, 5.74) is 0. The highest BCUT2D eigenvalue weighted by atomic mass is 32.2. The van der Waals surface area contributed by atoms with Gasteiger partial charge in [0, 0.05) is 24.4 Å². The molecule has 1 heterocycles. The molecule has 0 saturated carbocycles. The minimum atomic E-state index is 0.411. The molecule has 1 rings (SSSR count). The summed E-state index contributed by atoms with van der Waals surface area (Å²) in [4.78, 5) is 8.88. The van der Waals surface area contributed by atoms with E-state index in [0.29, 0.717) is 6.04 Å². The van der Waals surface area contributed by atoms with E-state index in [4.69, 9.17) is 0 Å². The molecule has 1 unspecified atom stereocenters. The van der Waals surface area contributed by atoms with Gasteiger partial charge < -0.3 is 10.6 Å². The fourth-order valence-corrected chi connectivity index (χ4v) is 2.50. The zero-order chi connectivity index (χ0) is 13.4. The van der Waals surface area contributed by atoms with E-state index in [9.17, 15) is 0 Å². The van der Waals surface area contributed by atoms with Crippen LogP contribution in [0.5, 0.6) is 0 Å². The summed E-state index contributed by atoms with van der Waals surface area (Å²) in [5, 5.41) is 7.45. The van der Waals surface area contributed by atoms with Gasteiger partial charge >= 0.3 is 0 Å². The Morgan fingerprint density at radius 2 is 2.00 bits per heavy atom. The first-order valence-electron chi connectivity index (χ1n) is 6.20. The topological polar surface area (TPSA) is 49.8 Å². The molecule has 6 heteroatoms. The zero-order valence-corrected chi connectivity index (χ0v) is 13.1. The molecule has 1 aromatic heterocycles. The number of hydrogen-bond donors (Lipinski definition) is 2. The van der Waals surface area contributed by atoms with Gasteiger partial charge in [0.2, 0.25) is 0 Å². The molecule has 102 valence electrons. The van der Waals surface area contributed by atoms with Crippen molar-refractivity contribution >= 4 is 35.2 Å². The third-order valence-electron chi connectivity index (χ3n) is 2.21. The molecule has 0 spiro atoms. The summed E-state index contributed by atoms with van der Waals surface area (Å²) in [5.74, 6) is 4.02. The van der Waals surface area contributed by atoms with Crippen LogP contribution in [0.3, 0.4) is 0 Å². The van der Waals surface area contributed by atoms with Crippen LogP contribution in [0.1, 0.15) is 20.8 Å². The van der Waals surface area contributed by atoms with Gasteiger partial charge in [-0.05, 0) is 25.9 Å². The van der Waals surface area contributed by atoms with Crippen molar-refractivity contribution < 1.29 is 0 Å². The first kappa shape index (κ1) is 15.4. The first-order valence-corrected chi connectivity index (χ1v) is 8.58. The molecule has 0 aliphatic carbocycles. The third kappa shape index (κ3) is 5.35. The fraction of sp³-hybridized carbons (Fsp3) is 0.667. The molecule has 1 aromatic rings. The van der Waals surface area contributed by atoms with Crippen LogP contribution < -0.4 is 10.6 Å². The third-order valence-corrected chi connectivity index (χ3v) is 3.90. The number of aromatic nitrogens is 2. The lowest BCUT2D eigenvalue weighted by Crippen LogP contribution is -2.19. The van der Waals surface area contributed by atoms with Crippen LogP contribution in [0.2, 0.25) is 0 Å². The first-order chi connectivity index (χ1) is 8.69. The Morgan fingerprint density at radius 3 is 2.61 bits per heavy atom. The van der Waals surface area contributed by atoms with Crippen molar-refractivity contribution in [2.24, 2.45) is 0 Å². The minimum absolute atomic E-state index is 0.411. The van der Waals surface area contributed by atoms with Crippen LogP contribution in [0.15, 0.2) is 11.2 Å². The van der Waals surface area contributed by atoms with Crippen molar-refractivity contribution in [3.8, 4) is 0 Å². The Hall–Kier alpha value is -0.620. The van der Waals surface area contributed by atoms with Gasteiger partial charge in [0.1, 0.15) is 11.6 Å². The summed E-state index contributed by atoms with van der Waals surface area (Å²) in [6.07, 6.45) is 1.99. The van der Waals surface area contributed by atoms with Crippen molar-refractivity contribution in [2.75, 3.05) is 34.9 Å². The number of thioether (sulfide) groups is 2. The van der Waals surface area contributed by atoms with Crippen molar-refractivity contribution in [1.82, 2.24) is 9.97 Å². The van der Waals surface area contributed by atoms with Crippen LogP contribution in [-0.2, 0) is 0 Å². The molecule has 0 aliphatic heterocycles.